The summed E-state index contributed by atoms with van der Waals surface area (Å²) >= 11 is 0. The van der Waals surface area contributed by atoms with E-state index in [-0.39, 0.29) is 17.9 Å². The second kappa shape index (κ2) is 13.2. The van der Waals surface area contributed by atoms with Crippen LogP contribution in [0, 0.1) is 11.8 Å². The van der Waals surface area contributed by atoms with E-state index < -0.39 is 6.04 Å². The number of para-hydroxylation sites is 1. The second-order valence-corrected chi connectivity index (χ2v) is 10.1. The predicted molar refractivity (Wildman–Crippen MR) is 147 cm³/mol. The van der Waals surface area contributed by atoms with Crippen LogP contribution >= 0.6 is 0 Å². The Morgan fingerprint density at radius 3 is 2.46 bits per heavy atom. The van der Waals surface area contributed by atoms with E-state index in [4.69, 9.17) is 14.7 Å². The molecular weight excluding hydrogens is 468 g/mol. The molecule has 1 aliphatic heterocycles. The fraction of sp³-hybridized carbons (Fsp3) is 0.500. The van der Waals surface area contributed by atoms with Gasteiger partial charge in [0, 0.05) is 37.3 Å². The first-order valence-corrected chi connectivity index (χ1v) is 12.9. The number of urea groups is 1. The van der Waals surface area contributed by atoms with Gasteiger partial charge in [0.1, 0.15) is 17.7 Å². The summed E-state index contributed by atoms with van der Waals surface area (Å²) in [7, 11) is 1.39. The first kappa shape index (κ1) is 28.1. The average Bonchev–Trinajstić information content (AvgIpc) is 2.86. The Balaban J connectivity index is 1.64. The largest absolute Gasteiger partial charge is 0.467 e. The van der Waals surface area contributed by atoms with Crippen LogP contribution in [0.1, 0.15) is 39.9 Å². The molecule has 9 heteroatoms. The summed E-state index contributed by atoms with van der Waals surface area (Å²) in [5.74, 6) is 1.54. The number of carbonyl (C=O) groups excluding carboxylic acids is 2. The smallest absolute Gasteiger partial charge is 0.328 e. The molecule has 1 fully saturated rings. The number of methoxy groups -OCH3 is 1. The van der Waals surface area contributed by atoms with E-state index in [0.29, 0.717) is 56.0 Å². The van der Waals surface area contributed by atoms with Crippen molar-refractivity contribution in [3.63, 3.8) is 0 Å². The Morgan fingerprint density at radius 2 is 1.81 bits per heavy atom. The number of benzene rings is 1. The summed E-state index contributed by atoms with van der Waals surface area (Å²) in [5, 5.41) is 7.02. The standard InChI is InChI=1S/C28H40N6O3/c1-19(2)10-9-11-21(5)29-28(36)34-16-14-33(15-17-34)18-24-30-23-13-8-7-12-22(23)26(31-24)32-25(20(3)4)27(35)37-6/h7-9,11-13,19-20,25H,5,10,14-18H2,1-4,6H3,(H,29,36)(H,30,31,32)/t25-/m0/s1. The molecule has 2 N–H and O–H groups in total. The molecule has 2 heterocycles. The number of ether oxygens (including phenoxy) is 1. The van der Waals surface area contributed by atoms with Crippen molar-refractivity contribution in [3.8, 4) is 0 Å². The third-order valence-electron chi connectivity index (χ3n) is 6.28. The van der Waals surface area contributed by atoms with Crippen LogP contribution in [0.15, 0.2) is 48.7 Å². The fourth-order valence-electron chi connectivity index (χ4n) is 4.13. The van der Waals surface area contributed by atoms with Crippen LogP contribution in [0.5, 0.6) is 0 Å². The first-order valence-electron chi connectivity index (χ1n) is 12.9. The predicted octanol–water partition coefficient (Wildman–Crippen LogP) is 4.18. The number of esters is 1. The van der Waals surface area contributed by atoms with Crippen LogP contribution in [-0.4, -0.2) is 71.1 Å². The van der Waals surface area contributed by atoms with Crippen molar-refractivity contribution in [2.75, 3.05) is 38.6 Å². The molecule has 0 unspecified atom stereocenters. The summed E-state index contributed by atoms with van der Waals surface area (Å²) in [5.41, 5.74) is 1.41. The number of amides is 2. The highest BCUT2D eigenvalue weighted by molar-refractivity contribution is 5.91. The molecule has 0 radical (unpaired) electrons. The number of fused-ring (bicyclic) bond motifs is 1. The highest BCUT2D eigenvalue weighted by Crippen LogP contribution is 2.23. The van der Waals surface area contributed by atoms with Gasteiger partial charge in [-0.2, -0.15) is 0 Å². The maximum atomic E-state index is 12.6. The minimum absolute atomic E-state index is 0.0191. The van der Waals surface area contributed by atoms with Crippen molar-refractivity contribution in [2.45, 2.75) is 46.7 Å². The van der Waals surface area contributed by atoms with Crippen molar-refractivity contribution in [1.29, 1.82) is 0 Å². The van der Waals surface area contributed by atoms with Crippen molar-refractivity contribution in [3.05, 3.63) is 54.5 Å². The molecule has 0 bridgehead atoms. The zero-order valence-corrected chi connectivity index (χ0v) is 22.7. The lowest BCUT2D eigenvalue weighted by Crippen LogP contribution is -2.51. The molecule has 1 aromatic carbocycles. The monoisotopic (exact) mass is 508 g/mol. The van der Waals surface area contributed by atoms with Crippen molar-refractivity contribution < 1.29 is 14.3 Å². The number of nitrogens with one attached hydrogen (secondary N) is 2. The fourth-order valence-corrected chi connectivity index (χ4v) is 4.13. The number of anilines is 1. The number of hydrogen-bond donors (Lipinski definition) is 2. The molecule has 0 spiro atoms. The second-order valence-electron chi connectivity index (χ2n) is 10.1. The lowest BCUT2D eigenvalue weighted by atomic mass is 10.0. The van der Waals surface area contributed by atoms with E-state index in [9.17, 15) is 9.59 Å². The molecule has 1 saturated heterocycles. The van der Waals surface area contributed by atoms with Gasteiger partial charge < -0.3 is 20.3 Å². The van der Waals surface area contributed by atoms with Gasteiger partial charge in [-0.05, 0) is 36.5 Å². The molecule has 200 valence electrons. The van der Waals surface area contributed by atoms with Gasteiger partial charge >= 0.3 is 12.0 Å². The molecule has 1 atom stereocenters. The van der Waals surface area contributed by atoms with Gasteiger partial charge in [0.25, 0.3) is 0 Å². The van der Waals surface area contributed by atoms with Gasteiger partial charge in [0.05, 0.1) is 19.2 Å². The number of hydrogen-bond acceptors (Lipinski definition) is 7. The molecular formula is C28H40N6O3. The van der Waals surface area contributed by atoms with Gasteiger partial charge in [-0.1, -0.05) is 52.5 Å². The number of rotatable bonds is 10. The topological polar surface area (TPSA) is 99.7 Å². The van der Waals surface area contributed by atoms with E-state index in [1.807, 2.05) is 50.3 Å². The van der Waals surface area contributed by atoms with Crippen LogP contribution < -0.4 is 10.6 Å². The third-order valence-corrected chi connectivity index (χ3v) is 6.28. The highest BCUT2D eigenvalue weighted by Gasteiger charge is 2.25. The quantitative estimate of drug-likeness (QED) is 0.367. The minimum Gasteiger partial charge on any atom is -0.467 e. The van der Waals surface area contributed by atoms with Gasteiger partial charge in [-0.15, -0.1) is 0 Å². The van der Waals surface area contributed by atoms with Crippen molar-refractivity contribution in [1.82, 2.24) is 25.1 Å². The molecule has 1 aromatic heterocycles. The SMILES string of the molecule is C=C(C=CCC(C)C)NC(=O)N1CCN(Cc2nc(N[C@H](C(=O)OC)C(C)C)c3ccccc3n2)CC1. The molecule has 2 aromatic rings. The molecule has 0 saturated carbocycles. The Hall–Kier alpha value is -3.46. The Morgan fingerprint density at radius 1 is 1.11 bits per heavy atom. The molecule has 9 nitrogen and oxygen atoms in total. The first-order chi connectivity index (χ1) is 17.7. The number of nitrogens with zero attached hydrogens (tertiary/aromatic N) is 4. The lowest BCUT2D eigenvalue weighted by molar-refractivity contribution is -0.142. The lowest BCUT2D eigenvalue weighted by Gasteiger charge is -2.34. The van der Waals surface area contributed by atoms with Gasteiger partial charge in [-0.25, -0.2) is 19.6 Å². The average molecular weight is 509 g/mol. The van der Waals surface area contributed by atoms with Crippen molar-refractivity contribution >= 4 is 28.7 Å². The molecule has 3 rings (SSSR count). The third kappa shape index (κ3) is 8.01. The summed E-state index contributed by atoms with van der Waals surface area (Å²) < 4.78 is 4.99. The highest BCUT2D eigenvalue weighted by atomic mass is 16.5. The maximum Gasteiger partial charge on any atom is 0.328 e. The summed E-state index contributed by atoms with van der Waals surface area (Å²) in [6, 6.07) is 7.10. The van der Waals surface area contributed by atoms with Crippen LogP contribution in [0.2, 0.25) is 0 Å². The zero-order chi connectivity index (χ0) is 26.9. The van der Waals surface area contributed by atoms with E-state index in [0.717, 1.165) is 17.3 Å². The minimum atomic E-state index is -0.520. The van der Waals surface area contributed by atoms with Gasteiger partial charge in [-0.3, -0.25) is 4.90 Å². The van der Waals surface area contributed by atoms with Gasteiger partial charge in [0.2, 0.25) is 0 Å². The summed E-state index contributed by atoms with van der Waals surface area (Å²) in [6.07, 6.45) is 4.84. The van der Waals surface area contributed by atoms with Crippen LogP contribution in [0.25, 0.3) is 10.9 Å². The summed E-state index contributed by atoms with van der Waals surface area (Å²) in [4.78, 5) is 38.6. The number of piperazine rings is 1. The van der Waals surface area contributed by atoms with E-state index >= 15 is 0 Å². The van der Waals surface area contributed by atoms with E-state index in [1.165, 1.54) is 7.11 Å². The van der Waals surface area contributed by atoms with Crippen LogP contribution in [-0.2, 0) is 16.1 Å². The zero-order valence-electron chi connectivity index (χ0n) is 22.7. The number of aromatic nitrogens is 2. The maximum absolute atomic E-state index is 12.6. The Bertz CT molecular complexity index is 1120. The number of allylic oxidation sites excluding steroid dienone is 2. The van der Waals surface area contributed by atoms with Crippen LogP contribution in [0.4, 0.5) is 10.6 Å². The molecule has 2 amide bonds. The van der Waals surface area contributed by atoms with Crippen LogP contribution in [0.3, 0.4) is 0 Å². The Kier molecular flexibility index (Phi) is 10.0. The normalized spacial score (nSPS) is 15.4. The summed E-state index contributed by atoms with van der Waals surface area (Å²) in [6.45, 7) is 15.3. The Labute approximate surface area is 220 Å². The van der Waals surface area contributed by atoms with E-state index in [2.05, 4.69) is 36.0 Å². The number of carbonyl (C=O) groups is 2. The van der Waals surface area contributed by atoms with Gasteiger partial charge in [0.15, 0.2) is 0 Å². The molecule has 1 aliphatic rings. The van der Waals surface area contributed by atoms with Crippen molar-refractivity contribution in [2.24, 2.45) is 11.8 Å². The molecule has 0 aliphatic carbocycles. The molecule has 37 heavy (non-hydrogen) atoms. The van der Waals surface area contributed by atoms with E-state index in [1.54, 1.807) is 4.90 Å².